The van der Waals surface area contributed by atoms with Gasteiger partial charge >= 0.3 is 0 Å². The molecule has 0 aliphatic rings. The van der Waals surface area contributed by atoms with Gasteiger partial charge in [0.2, 0.25) is 0 Å². The summed E-state index contributed by atoms with van der Waals surface area (Å²) in [7, 11) is 0. The normalized spacial score (nSPS) is 11.0. The van der Waals surface area contributed by atoms with E-state index in [9.17, 15) is 4.79 Å². The summed E-state index contributed by atoms with van der Waals surface area (Å²) in [6, 6.07) is 21.0. The predicted molar refractivity (Wildman–Crippen MR) is 131 cm³/mol. The first kappa shape index (κ1) is 20.9. The third-order valence-corrected chi connectivity index (χ3v) is 6.03. The Bertz CT molecular complexity index is 1440. The summed E-state index contributed by atoms with van der Waals surface area (Å²) in [5.41, 5.74) is 4.92. The molecule has 5 rings (SSSR count). The molecule has 3 heterocycles. The number of imidazole rings is 1. The molecule has 33 heavy (non-hydrogen) atoms. The van der Waals surface area contributed by atoms with Gasteiger partial charge in [-0.15, -0.1) is 11.3 Å². The molecular formula is C26H22N4O2S. The van der Waals surface area contributed by atoms with Gasteiger partial charge in [-0.25, -0.2) is 9.97 Å². The van der Waals surface area contributed by atoms with Gasteiger partial charge in [0.05, 0.1) is 10.7 Å². The molecule has 0 fully saturated rings. The summed E-state index contributed by atoms with van der Waals surface area (Å²) in [4.78, 5) is 22.4. The first-order chi connectivity index (χ1) is 16.1. The molecule has 0 aliphatic heterocycles. The van der Waals surface area contributed by atoms with Crippen LogP contribution in [0.2, 0.25) is 0 Å². The third kappa shape index (κ3) is 4.49. The van der Waals surface area contributed by atoms with Gasteiger partial charge in [0.25, 0.3) is 5.91 Å². The average molecular weight is 455 g/mol. The van der Waals surface area contributed by atoms with Crippen molar-refractivity contribution in [1.29, 1.82) is 0 Å². The molecule has 0 radical (unpaired) electrons. The molecule has 1 amide bonds. The van der Waals surface area contributed by atoms with Gasteiger partial charge in [0, 0.05) is 22.7 Å². The number of nitrogens with zero attached hydrogens (tertiary/aromatic N) is 3. The van der Waals surface area contributed by atoms with Crippen molar-refractivity contribution >= 4 is 28.7 Å². The van der Waals surface area contributed by atoms with E-state index in [0.717, 1.165) is 33.2 Å². The SMILES string of the molecule is Cc1ccn2c(NC(=O)c3cccc(OCc4csc(C)n4)c3)c(-c3ccccc3)nc2c1. The van der Waals surface area contributed by atoms with E-state index >= 15 is 0 Å². The van der Waals surface area contributed by atoms with Crippen LogP contribution in [0.15, 0.2) is 78.3 Å². The number of amides is 1. The Morgan fingerprint density at radius 2 is 1.88 bits per heavy atom. The molecule has 0 atom stereocenters. The van der Waals surface area contributed by atoms with Crippen molar-refractivity contribution in [3.63, 3.8) is 0 Å². The van der Waals surface area contributed by atoms with E-state index in [1.165, 1.54) is 0 Å². The molecule has 0 aliphatic carbocycles. The van der Waals surface area contributed by atoms with E-state index < -0.39 is 0 Å². The standard InChI is InChI=1S/C26H22N4O2S/c1-17-11-12-30-23(13-17)28-24(19-7-4-3-5-8-19)25(30)29-26(31)20-9-6-10-22(14-20)32-15-21-16-33-18(2)27-21/h3-14,16H,15H2,1-2H3,(H,29,31). The molecule has 0 unspecified atom stereocenters. The number of hydrogen-bond donors (Lipinski definition) is 1. The van der Waals surface area contributed by atoms with Crippen molar-refractivity contribution in [3.05, 3.63) is 100 Å². The number of rotatable bonds is 6. The highest BCUT2D eigenvalue weighted by Gasteiger charge is 2.18. The van der Waals surface area contributed by atoms with Crippen LogP contribution in [0.5, 0.6) is 5.75 Å². The molecule has 2 aromatic carbocycles. The molecule has 1 N–H and O–H groups in total. The minimum absolute atomic E-state index is 0.232. The Kier molecular flexibility index (Phi) is 5.62. The van der Waals surface area contributed by atoms with Crippen molar-refractivity contribution in [2.75, 3.05) is 5.32 Å². The number of benzene rings is 2. The van der Waals surface area contributed by atoms with Gasteiger partial charge < -0.3 is 10.1 Å². The molecule has 164 valence electrons. The van der Waals surface area contributed by atoms with Crippen LogP contribution < -0.4 is 10.1 Å². The molecule has 7 heteroatoms. The highest BCUT2D eigenvalue weighted by molar-refractivity contribution is 7.09. The number of nitrogens with one attached hydrogen (secondary N) is 1. The zero-order valence-corrected chi connectivity index (χ0v) is 19.1. The third-order valence-electron chi connectivity index (χ3n) is 5.21. The number of ether oxygens (including phenoxy) is 1. The Morgan fingerprint density at radius 3 is 2.67 bits per heavy atom. The lowest BCUT2D eigenvalue weighted by Crippen LogP contribution is -2.14. The number of pyridine rings is 1. The average Bonchev–Trinajstić information content (AvgIpc) is 3.41. The summed E-state index contributed by atoms with van der Waals surface area (Å²) >= 11 is 1.59. The van der Waals surface area contributed by atoms with Crippen LogP contribution in [0.3, 0.4) is 0 Å². The molecule has 0 bridgehead atoms. The Morgan fingerprint density at radius 1 is 1.03 bits per heavy atom. The van der Waals surface area contributed by atoms with Crippen molar-refractivity contribution < 1.29 is 9.53 Å². The summed E-state index contributed by atoms with van der Waals surface area (Å²) in [5, 5.41) is 6.04. The second kappa shape index (κ2) is 8.88. The lowest BCUT2D eigenvalue weighted by atomic mass is 10.1. The Hall–Kier alpha value is -3.97. The van der Waals surface area contributed by atoms with Gasteiger partial charge in [-0.2, -0.15) is 0 Å². The van der Waals surface area contributed by atoms with Crippen LogP contribution in [0.4, 0.5) is 5.82 Å². The number of thiazole rings is 1. The molecule has 5 aromatic rings. The highest BCUT2D eigenvalue weighted by Crippen LogP contribution is 2.29. The number of carbonyl (C=O) groups is 1. The van der Waals surface area contributed by atoms with Crippen LogP contribution in [0.25, 0.3) is 16.9 Å². The van der Waals surface area contributed by atoms with E-state index in [-0.39, 0.29) is 5.91 Å². The fourth-order valence-corrected chi connectivity index (χ4v) is 4.20. The zero-order valence-electron chi connectivity index (χ0n) is 18.3. The molecule has 3 aromatic heterocycles. The number of aryl methyl sites for hydroxylation is 2. The quantitative estimate of drug-likeness (QED) is 0.347. The van der Waals surface area contributed by atoms with Gasteiger partial charge in [-0.1, -0.05) is 36.4 Å². The van der Waals surface area contributed by atoms with Crippen LogP contribution in [0, 0.1) is 13.8 Å². The number of anilines is 1. The molecule has 0 spiro atoms. The monoisotopic (exact) mass is 454 g/mol. The van der Waals surface area contributed by atoms with E-state index in [1.54, 1.807) is 23.5 Å². The first-order valence-corrected chi connectivity index (χ1v) is 11.4. The molecule has 6 nitrogen and oxygen atoms in total. The lowest BCUT2D eigenvalue weighted by molar-refractivity contribution is 0.102. The first-order valence-electron chi connectivity index (χ1n) is 10.6. The number of carbonyl (C=O) groups excluding carboxylic acids is 1. The second-order valence-corrected chi connectivity index (χ2v) is 8.80. The largest absolute Gasteiger partial charge is 0.487 e. The van der Waals surface area contributed by atoms with Crippen molar-refractivity contribution in [3.8, 4) is 17.0 Å². The molecule has 0 saturated heterocycles. The van der Waals surface area contributed by atoms with E-state index in [4.69, 9.17) is 9.72 Å². The minimum Gasteiger partial charge on any atom is -0.487 e. The summed E-state index contributed by atoms with van der Waals surface area (Å²) in [6.45, 7) is 4.35. The van der Waals surface area contributed by atoms with Crippen LogP contribution >= 0.6 is 11.3 Å². The van der Waals surface area contributed by atoms with E-state index in [0.29, 0.717) is 23.7 Å². The van der Waals surface area contributed by atoms with Crippen LogP contribution in [-0.2, 0) is 6.61 Å². The van der Waals surface area contributed by atoms with E-state index in [2.05, 4.69) is 10.3 Å². The Balaban J connectivity index is 1.43. The van der Waals surface area contributed by atoms with Crippen molar-refractivity contribution in [2.45, 2.75) is 20.5 Å². The maximum Gasteiger partial charge on any atom is 0.256 e. The number of fused-ring (bicyclic) bond motifs is 1. The predicted octanol–water partition coefficient (Wildman–Crippen LogP) is 5.91. The van der Waals surface area contributed by atoms with Crippen molar-refractivity contribution in [2.24, 2.45) is 0 Å². The number of aromatic nitrogens is 3. The minimum atomic E-state index is -0.232. The maximum absolute atomic E-state index is 13.2. The fourth-order valence-electron chi connectivity index (χ4n) is 3.60. The lowest BCUT2D eigenvalue weighted by Gasteiger charge is -2.10. The smallest absolute Gasteiger partial charge is 0.256 e. The van der Waals surface area contributed by atoms with E-state index in [1.807, 2.05) is 84.4 Å². The Labute approximate surface area is 195 Å². The van der Waals surface area contributed by atoms with Crippen LogP contribution in [-0.4, -0.2) is 20.3 Å². The zero-order chi connectivity index (χ0) is 22.8. The van der Waals surface area contributed by atoms with Gasteiger partial charge in [-0.3, -0.25) is 9.20 Å². The van der Waals surface area contributed by atoms with Crippen LogP contribution in [0.1, 0.15) is 26.6 Å². The highest BCUT2D eigenvalue weighted by atomic mass is 32.1. The number of hydrogen-bond acceptors (Lipinski definition) is 5. The molecular weight excluding hydrogens is 432 g/mol. The fraction of sp³-hybridized carbons (Fsp3) is 0.115. The van der Waals surface area contributed by atoms with Gasteiger partial charge in [0.15, 0.2) is 0 Å². The van der Waals surface area contributed by atoms with Gasteiger partial charge in [0.1, 0.15) is 29.5 Å². The summed E-state index contributed by atoms with van der Waals surface area (Å²) < 4.78 is 7.76. The summed E-state index contributed by atoms with van der Waals surface area (Å²) in [6.07, 6.45) is 1.93. The van der Waals surface area contributed by atoms with Crippen molar-refractivity contribution in [1.82, 2.24) is 14.4 Å². The second-order valence-electron chi connectivity index (χ2n) is 7.74. The van der Waals surface area contributed by atoms with Gasteiger partial charge in [-0.05, 0) is 49.7 Å². The molecule has 0 saturated carbocycles. The maximum atomic E-state index is 13.2. The topological polar surface area (TPSA) is 68.5 Å². The summed E-state index contributed by atoms with van der Waals surface area (Å²) in [5.74, 6) is 1.01.